The molecule has 0 unspecified atom stereocenters. The standard InChI is InChI=1S/C17H14N3O4PS/c1-10-14(6-13(7-18)16(21)19-10)15-9-26-17(20-15)12-4-2-3-11(5-12)8-25(22,23)24/h2-6,9H,8H2,1H3,(H,19,21)(H2,22,23,24). The van der Waals surface area contributed by atoms with E-state index in [2.05, 4.69) is 9.97 Å². The van der Waals surface area contributed by atoms with E-state index in [0.29, 0.717) is 27.5 Å². The van der Waals surface area contributed by atoms with Crippen LogP contribution in [0.1, 0.15) is 16.8 Å². The number of hydrogen-bond acceptors (Lipinski definition) is 5. The molecule has 9 heteroatoms. The highest BCUT2D eigenvalue weighted by molar-refractivity contribution is 7.50. The maximum atomic E-state index is 11.7. The van der Waals surface area contributed by atoms with Crippen LogP contribution in [-0.4, -0.2) is 19.8 Å². The number of nitriles is 1. The first-order chi connectivity index (χ1) is 12.3. The van der Waals surface area contributed by atoms with Gasteiger partial charge in [-0.15, -0.1) is 11.3 Å². The molecule has 132 valence electrons. The van der Waals surface area contributed by atoms with Gasteiger partial charge < -0.3 is 14.8 Å². The number of thiazole rings is 1. The molecule has 0 amide bonds. The normalized spacial score (nSPS) is 11.3. The second-order valence-corrected chi connectivity index (χ2v) is 8.23. The maximum absolute atomic E-state index is 11.7. The van der Waals surface area contributed by atoms with Crippen molar-refractivity contribution >= 4 is 18.9 Å². The van der Waals surface area contributed by atoms with Gasteiger partial charge in [0.2, 0.25) is 0 Å². The van der Waals surface area contributed by atoms with Crippen molar-refractivity contribution in [2.45, 2.75) is 13.1 Å². The molecule has 0 bridgehead atoms. The van der Waals surface area contributed by atoms with Gasteiger partial charge in [-0.25, -0.2) is 4.98 Å². The van der Waals surface area contributed by atoms with Gasteiger partial charge >= 0.3 is 7.60 Å². The molecule has 1 aromatic carbocycles. The van der Waals surface area contributed by atoms with E-state index < -0.39 is 13.2 Å². The quantitative estimate of drug-likeness (QED) is 0.591. The van der Waals surface area contributed by atoms with Crippen molar-refractivity contribution in [1.29, 1.82) is 5.26 Å². The number of nitrogens with one attached hydrogen (secondary N) is 1. The van der Waals surface area contributed by atoms with Crippen LogP contribution in [0.5, 0.6) is 0 Å². The van der Waals surface area contributed by atoms with Crippen molar-refractivity contribution in [1.82, 2.24) is 9.97 Å². The van der Waals surface area contributed by atoms with E-state index in [1.165, 1.54) is 17.4 Å². The highest BCUT2D eigenvalue weighted by Crippen LogP contribution is 2.40. The molecule has 3 rings (SSSR count). The Bertz CT molecular complexity index is 1120. The van der Waals surface area contributed by atoms with E-state index in [4.69, 9.17) is 15.0 Å². The number of benzene rings is 1. The molecule has 0 radical (unpaired) electrons. The summed E-state index contributed by atoms with van der Waals surface area (Å²) < 4.78 is 11.2. The summed E-state index contributed by atoms with van der Waals surface area (Å²) >= 11 is 1.37. The van der Waals surface area contributed by atoms with E-state index in [0.717, 1.165) is 5.56 Å². The molecule has 2 heterocycles. The predicted molar refractivity (Wildman–Crippen MR) is 98.8 cm³/mol. The maximum Gasteiger partial charge on any atom is 0.329 e. The Morgan fingerprint density at radius 1 is 1.35 bits per heavy atom. The summed E-state index contributed by atoms with van der Waals surface area (Å²) in [7, 11) is -4.14. The molecule has 0 aliphatic rings. The summed E-state index contributed by atoms with van der Waals surface area (Å²) in [6, 6.07) is 10.3. The summed E-state index contributed by atoms with van der Waals surface area (Å²) in [5.74, 6) is 0. The largest absolute Gasteiger partial charge is 0.329 e. The minimum absolute atomic E-state index is 0.0174. The number of rotatable bonds is 4. The van der Waals surface area contributed by atoms with Crippen LogP contribution >= 0.6 is 18.9 Å². The summed E-state index contributed by atoms with van der Waals surface area (Å²) in [5, 5.41) is 11.5. The van der Waals surface area contributed by atoms with Crippen LogP contribution in [0.3, 0.4) is 0 Å². The third-order valence-corrected chi connectivity index (χ3v) is 5.37. The van der Waals surface area contributed by atoms with E-state index in [9.17, 15) is 9.36 Å². The van der Waals surface area contributed by atoms with Gasteiger partial charge in [0.1, 0.15) is 16.6 Å². The zero-order chi connectivity index (χ0) is 18.9. The van der Waals surface area contributed by atoms with Crippen molar-refractivity contribution in [3.8, 4) is 27.9 Å². The fourth-order valence-electron chi connectivity index (χ4n) is 2.54. The Morgan fingerprint density at radius 2 is 2.12 bits per heavy atom. The molecular formula is C17H14N3O4PS. The molecule has 0 aliphatic heterocycles. The van der Waals surface area contributed by atoms with Gasteiger partial charge in [-0.2, -0.15) is 5.26 Å². The second-order valence-electron chi connectivity index (χ2n) is 5.72. The van der Waals surface area contributed by atoms with Crippen molar-refractivity contribution in [3.63, 3.8) is 0 Å². The first kappa shape index (κ1) is 18.2. The summed E-state index contributed by atoms with van der Waals surface area (Å²) in [5.41, 5.74) is 2.75. The molecule has 3 aromatic rings. The first-order valence-corrected chi connectivity index (χ1v) is 10.2. The third kappa shape index (κ3) is 3.98. The van der Waals surface area contributed by atoms with Crippen molar-refractivity contribution in [2.24, 2.45) is 0 Å². The Hall–Kier alpha value is -2.56. The highest BCUT2D eigenvalue weighted by atomic mass is 32.1. The van der Waals surface area contributed by atoms with E-state index in [-0.39, 0.29) is 11.7 Å². The number of hydrogen-bond donors (Lipinski definition) is 3. The van der Waals surface area contributed by atoms with Gasteiger partial charge in [-0.1, -0.05) is 18.2 Å². The number of aromatic amines is 1. The number of aromatic nitrogens is 2. The molecule has 3 N–H and O–H groups in total. The summed E-state index contributed by atoms with van der Waals surface area (Å²) in [6.07, 6.45) is -0.330. The fraction of sp³-hybridized carbons (Fsp3) is 0.118. The predicted octanol–water partition coefficient (Wildman–Crippen LogP) is 3.02. The highest BCUT2D eigenvalue weighted by Gasteiger charge is 2.16. The third-order valence-electron chi connectivity index (χ3n) is 3.70. The lowest BCUT2D eigenvalue weighted by Crippen LogP contribution is -2.11. The lowest BCUT2D eigenvalue weighted by Gasteiger charge is -2.05. The Labute approximate surface area is 152 Å². The Balaban J connectivity index is 1.99. The van der Waals surface area contributed by atoms with Crippen LogP contribution in [0.15, 0.2) is 40.5 Å². The van der Waals surface area contributed by atoms with Crippen LogP contribution in [0.2, 0.25) is 0 Å². The van der Waals surface area contributed by atoms with Gasteiger partial charge in [0.05, 0.1) is 11.9 Å². The monoisotopic (exact) mass is 387 g/mol. The number of pyridine rings is 1. The minimum Gasteiger partial charge on any atom is -0.325 e. The van der Waals surface area contributed by atoms with Crippen molar-refractivity contribution in [3.05, 3.63) is 62.9 Å². The molecule has 2 aromatic heterocycles. The molecule has 0 spiro atoms. The summed E-state index contributed by atoms with van der Waals surface area (Å²) in [6.45, 7) is 1.73. The zero-order valence-corrected chi connectivity index (χ0v) is 15.3. The van der Waals surface area contributed by atoms with Crippen LogP contribution in [0.4, 0.5) is 0 Å². The first-order valence-electron chi connectivity index (χ1n) is 7.50. The Kier molecular flexibility index (Phi) is 4.90. The lowest BCUT2D eigenvalue weighted by molar-refractivity contribution is 0.372. The molecule has 0 aliphatic carbocycles. The Morgan fingerprint density at radius 3 is 2.81 bits per heavy atom. The van der Waals surface area contributed by atoms with Crippen LogP contribution in [0, 0.1) is 18.3 Å². The average molecular weight is 387 g/mol. The topological polar surface area (TPSA) is 127 Å². The van der Waals surface area contributed by atoms with E-state index >= 15 is 0 Å². The van der Waals surface area contributed by atoms with Crippen LogP contribution < -0.4 is 5.56 Å². The van der Waals surface area contributed by atoms with Crippen LogP contribution in [-0.2, 0) is 10.7 Å². The molecule has 7 nitrogen and oxygen atoms in total. The number of aryl methyl sites for hydroxylation is 1. The number of H-pyrrole nitrogens is 1. The van der Waals surface area contributed by atoms with Crippen LogP contribution in [0.25, 0.3) is 21.8 Å². The smallest absolute Gasteiger partial charge is 0.325 e. The van der Waals surface area contributed by atoms with Gasteiger partial charge in [-0.3, -0.25) is 9.36 Å². The number of nitrogens with zero attached hydrogens (tertiary/aromatic N) is 2. The minimum atomic E-state index is -4.14. The fourth-order valence-corrected chi connectivity index (χ4v) is 4.03. The van der Waals surface area contributed by atoms with Gasteiger partial charge in [0, 0.05) is 22.2 Å². The van der Waals surface area contributed by atoms with E-state index in [1.54, 1.807) is 25.1 Å². The lowest BCUT2D eigenvalue weighted by atomic mass is 10.1. The van der Waals surface area contributed by atoms with Crippen molar-refractivity contribution < 1.29 is 14.4 Å². The van der Waals surface area contributed by atoms with Gasteiger partial charge in [-0.05, 0) is 24.6 Å². The molecule has 0 saturated heterocycles. The van der Waals surface area contributed by atoms with Gasteiger partial charge in [0.15, 0.2) is 0 Å². The van der Waals surface area contributed by atoms with Gasteiger partial charge in [0.25, 0.3) is 5.56 Å². The van der Waals surface area contributed by atoms with E-state index in [1.807, 2.05) is 17.5 Å². The molecule has 0 fully saturated rings. The summed E-state index contributed by atoms with van der Waals surface area (Å²) in [4.78, 5) is 37.1. The zero-order valence-electron chi connectivity index (χ0n) is 13.6. The molecule has 26 heavy (non-hydrogen) atoms. The van der Waals surface area contributed by atoms with Crippen molar-refractivity contribution in [2.75, 3.05) is 0 Å². The average Bonchev–Trinajstić information content (AvgIpc) is 3.03. The molecule has 0 saturated carbocycles. The SMILES string of the molecule is Cc1[nH]c(=O)c(C#N)cc1-c1csc(-c2cccc(CP(=O)(O)O)c2)n1. The molecule has 0 atom stereocenters. The second kappa shape index (κ2) is 6.98. The molecular weight excluding hydrogens is 373 g/mol.